The van der Waals surface area contributed by atoms with E-state index in [1.807, 2.05) is 43.3 Å². The number of carbonyl (C=O) groups excluding carboxylic acids is 1. The maximum atomic E-state index is 11.8. The fraction of sp³-hybridized carbons (Fsp3) is 0.0952. The van der Waals surface area contributed by atoms with Crippen molar-refractivity contribution in [3.05, 3.63) is 88.4 Å². The highest BCUT2D eigenvalue weighted by Gasteiger charge is 2.05. The third-order valence-corrected chi connectivity index (χ3v) is 3.63. The lowest BCUT2D eigenvalue weighted by Crippen LogP contribution is -2.26. The third kappa shape index (κ3) is 4.02. The molecule has 24 heavy (non-hydrogen) atoms. The Balaban J connectivity index is 2.70. The van der Waals surface area contributed by atoms with E-state index in [1.165, 1.54) is 13.3 Å². The molecule has 0 saturated heterocycles. The second-order valence-electron chi connectivity index (χ2n) is 5.40. The normalized spacial score (nSPS) is 12.6. The van der Waals surface area contributed by atoms with Crippen molar-refractivity contribution in [2.75, 3.05) is 7.11 Å². The number of allylic oxidation sites excluding steroid dienone is 2. The van der Waals surface area contributed by atoms with Gasteiger partial charge in [-0.2, -0.15) is 0 Å². The monoisotopic (exact) mass is 319 g/mol. The molecule has 0 amide bonds. The van der Waals surface area contributed by atoms with E-state index in [2.05, 4.69) is 12.7 Å². The molecule has 0 fully saturated rings. The summed E-state index contributed by atoms with van der Waals surface area (Å²) in [5.41, 5.74) is 9.11. The lowest BCUT2D eigenvalue weighted by Gasteiger charge is -2.05. The van der Waals surface area contributed by atoms with Gasteiger partial charge >= 0.3 is 5.97 Å². The van der Waals surface area contributed by atoms with Crippen molar-refractivity contribution in [1.82, 2.24) is 0 Å². The largest absolute Gasteiger partial charge is 0.465 e. The lowest BCUT2D eigenvalue weighted by molar-refractivity contribution is 0.0600. The summed E-state index contributed by atoms with van der Waals surface area (Å²) in [4.78, 5) is 11.8. The minimum Gasteiger partial charge on any atom is -0.465 e. The Morgan fingerprint density at radius 1 is 1.17 bits per heavy atom. The number of methoxy groups -OCH3 is 1. The molecule has 0 aliphatic heterocycles. The van der Waals surface area contributed by atoms with E-state index in [4.69, 9.17) is 10.5 Å². The average Bonchev–Trinajstić information content (AvgIpc) is 2.60. The molecule has 3 nitrogen and oxygen atoms in total. The molecule has 0 saturated carbocycles. The fourth-order valence-corrected chi connectivity index (χ4v) is 2.43. The number of esters is 1. The van der Waals surface area contributed by atoms with Crippen LogP contribution in [-0.4, -0.2) is 13.1 Å². The highest BCUT2D eigenvalue weighted by atomic mass is 16.5. The minimum atomic E-state index is -0.365. The molecule has 0 spiro atoms. The summed E-state index contributed by atoms with van der Waals surface area (Å²) in [7, 11) is 1.37. The van der Waals surface area contributed by atoms with Crippen LogP contribution in [-0.2, 0) is 4.74 Å². The highest BCUT2D eigenvalue weighted by Crippen LogP contribution is 2.17. The number of benzene rings is 2. The van der Waals surface area contributed by atoms with Gasteiger partial charge in [-0.1, -0.05) is 48.6 Å². The van der Waals surface area contributed by atoms with E-state index in [0.717, 1.165) is 27.1 Å². The van der Waals surface area contributed by atoms with Crippen LogP contribution in [0, 0.1) is 0 Å². The Labute approximate surface area is 142 Å². The van der Waals surface area contributed by atoms with Crippen molar-refractivity contribution >= 4 is 23.7 Å². The summed E-state index contributed by atoms with van der Waals surface area (Å²) in [6.07, 6.45) is 7.12. The first-order chi connectivity index (χ1) is 11.6. The van der Waals surface area contributed by atoms with Crippen LogP contribution in [0.5, 0.6) is 0 Å². The predicted octanol–water partition coefficient (Wildman–Crippen LogP) is 2.59. The first-order valence-corrected chi connectivity index (χ1v) is 7.60. The number of hydrogen-bond donors (Lipinski definition) is 1. The Morgan fingerprint density at radius 2 is 1.92 bits per heavy atom. The molecule has 3 heteroatoms. The molecule has 0 atom stereocenters. The van der Waals surface area contributed by atoms with Crippen molar-refractivity contribution in [1.29, 1.82) is 0 Å². The van der Waals surface area contributed by atoms with Crippen LogP contribution < -0.4 is 16.2 Å². The van der Waals surface area contributed by atoms with E-state index in [-0.39, 0.29) is 5.97 Å². The molecule has 2 aromatic carbocycles. The van der Waals surface area contributed by atoms with E-state index in [1.54, 1.807) is 18.2 Å². The van der Waals surface area contributed by atoms with Gasteiger partial charge in [-0.05, 0) is 59.0 Å². The second-order valence-corrected chi connectivity index (χ2v) is 5.40. The van der Waals surface area contributed by atoms with Gasteiger partial charge in [-0.25, -0.2) is 4.79 Å². The molecule has 0 aliphatic rings. The fourth-order valence-electron chi connectivity index (χ4n) is 2.43. The lowest BCUT2D eigenvalue weighted by atomic mass is 10.00. The number of carbonyl (C=O) groups is 1. The predicted molar refractivity (Wildman–Crippen MR) is 99.5 cm³/mol. The molecular formula is C21H21NO2. The quantitative estimate of drug-likeness (QED) is 0.881. The first kappa shape index (κ1) is 17.3. The van der Waals surface area contributed by atoms with Gasteiger partial charge in [-0.3, -0.25) is 0 Å². The van der Waals surface area contributed by atoms with Crippen molar-refractivity contribution < 1.29 is 9.53 Å². The topological polar surface area (TPSA) is 52.3 Å². The van der Waals surface area contributed by atoms with Crippen LogP contribution in [0.25, 0.3) is 17.7 Å². The first-order valence-electron chi connectivity index (χ1n) is 7.60. The van der Waals surface area contributed by atoms with Gasteiger partial charge in [0.1, 0.15) is 0 Å². The standard InChI is InChI=1S/C21H21NO2/c1-15(2)20-9-5-4-7-18(20)13-17-10-11-19(21(23)24-3)14-16(17)8-6-12-22/h4-14H,1,22H2,2-3H3/b12-6+,16-8-,17-13-. The van der Waals surface area contributed by atoms with Crippen LogP contribution in [0.1, 0.15) is 28.4 Å². The van der Waals surface area contributed by atoms with Crippen LogP contribution in [0.15, 0.2) is 61.3 Å². The molecule has 2 aromatic rings. The molecule has 0 aromatic heterocycles. The van der Waals surface area contributed by atoms with Gasteiger partial charge in [-0.15, -0.1) is 0 Å². The summed E-state index contributed by atoms with van der Waals surface area (Å²) >= 11 is 0. The number of rotatable bonds is 4. The number of nitrogens with two attached hydrogens (primary N) is 1. The summed E-state index contributed by atoms with van der Waals surface area (Å²) < 4.78 is 4.79. The minimum absolute atomic E-state index is 0.365. The Hall–Kier alpha value is -3.07. The van der Waals surface area contributed by atoms with Crippen molar-refractivity contribution in [2.24, 2.45) is 5.73 Å². The van der Waals surface area contributed by atoms with Gasteiger partial charge in [0.15, 0.2) is 0 Å². The zero-order chi connectivity index (χ0) is 17.5. The van der Waals surface area contributed by atoms with E-state index >= 15 is 0 Å². The summed E-state index contributed by atoms with van der Waals surface area (Å²) in [6.45, 7) is 6.01. The SMILES string of the molecule is C=C(C)c1ccccc1/C=c1/ccc(C(=O)OC)c/c1=C/C=C/N. The maximum absolute atomic E-state index is 11.8. The molecular weight excluding hydrogens is 298 g/mol. The van der Waals surface area contributed by atoms with Crippen LogP contribution in [0.3, 0.4) is 0 Å². The van der Waals surface area contributed by atoms with Crippen molar-refractivity contribution in [3.63, 3.8) is 0 Å². The molecule has 0 unspecified atom stereocenters. The Bertz CT molecular complexity index is 908. The molecule has 0 heterocycles. The average molecular weight is 319 g/mol. The molecule has 122 valence electrons. The highest BCUT2D eigenvalue weighted by molar-refractivity contribution is 5.89. The third-order valence-electron chi connectivity index (χ3n) is 3.63. The number of hydrogen-bond acceptors (Lipinski definition) is 3. The summed E-state index contributed by atoms with van der Waals surface area (Å²) in [5, 5.41) is 1.87. The van der Waals surface area contributed by atoms with Gasteiger partial charge in [0.2, 0.25) is 0 Å². The number of ether oxygens (including phenoxy) is 1. The molecule has 0 radical (unpaired) electrons. The van der Waals surface area contributed by atoms with Gasteiger partial charge < -0.3 is 10.5 Å². The van der Waals surface area contributed by atoms with E-state index in [0.29, 0.717) is 5.56 Å². The maximum Gasteiger partial charge on any atom is 0.337 e. The molecule has 2 rings (SSSR count). The molecule has 0 aliphatic carbocycles. The van der Waals surface area contributed by atoms with Gasteiger partial charge in [0.05, 0.1) is 12.7 Å². The van der Waals surface area contributed by atoms with Crippen molar-refractivity contribution in [3.8, 4) is 0 Å². The summed E-state index contributed by atoms with van der Waals surface area (Å²) in [5.74, 6) is -0.365. The van der Waals surface area contributed by atoms with E-state index < -0.39 is 0 Å². The van der Waals surface area contributed by atoms with Crippen molar-refractivity contribution in [2.45, 2.75) is 6.92 Å². The molecule has 2 N–H and O–H groups in total. The Morgan fingerprint density at radius 3 is 2.58 bits per heavy atom. The summed E-state index contributed by atoms with van der Waals surface area (Å²) in [6, 6.07) is 13.5. The second kappa shape index (κ2) is 7.97. The Kier molecular flexibility index (Phi) is 5.74. The van der Waals surface area contributed by atoms with Crippen LogP contribution in [0.2, 0.25) is 0 Å². The van der Waals surface area contributed by atoms with Gasteiger partial charge in [0.25, 0.3) is 0 Å². The zero-order valence-electron chi connectivity index (χ0n) is 14.0. The molecule has 0 bridgehead atoms. The van der Waals surface area contributed by atoms with E-state index in [9.17, 15) is 4.79 Å². The van der Waals surface area contributed by atoms with Crippen LogP contribution in [0.4, 0.5) is 0 Å². The van der Waals surface area contributed by atoms with Crippen LogP contribution >= 0.6 is 0 Å². The van der Waals surface area contributed by atoms with Gasteiger partial charge in [0, 0.05) is 0 Å². The smallest absolute Gasteiger partial charge is 0.337 e. The zero-order valence-corrected chi connectivity index (χ0v) is 14.0.